The Morgan fingerprint density at radius 1 is 1.26 bits per heavy atom. The van der Waals surface area contributed by atoms with Gasteiger partial charge in [0, 0.05) is 35.5 Å². The first-order chi connectivity index (χ1) is 15.1. The summed E-state index contributed by atoms with van der Waals surface area (Å²) >= 11 is 1.66. The van der Waals surface area contributed by atoms with Crippen LogP contribution in [0.1, 0.15) is 68.9 Å². The van der Waals surface area contributed by atoms with Crippen LogP contribution in [0, 0.1) is 5.92 Å². The molecule has 2 fully saturated rings. The van der Waals surface area contributed by atoms with Gasteiger partial charge in [-0.05, 0) is 44.2 Å². The van der Waals surface area contributed by atoms with Crippen LogP contribution in [-0.2, 0) is 16.6 Å². The van der Waals surface area contributed by atoms with Crippen molar-refractivity contribution in [3.8, 4) is 0 Å². The summed E-state index contributed by atoms with van der Waals surface area (Å²) < 4.78 is 0. The van der Waals surface area contributed by atoms with E-state index in [2.05, 4.69) is 17.2 Å². The predicted molar refractivity (Wildman–Crippen MR) is 125 cm³/mol. The lowest BCUT2D eigenvalue weighted by Crippen LogP contribution is -2.49. The average molecular weight is 443 g/mol. The van der Waals surface area contributed by atoms with Gasteiger partial charge in [0.05, 0.1) is 12.3 Å². The molecule has 2 aromatic rings. The second-order valence-electron chi connectivity index (χ2n) is 9.01. The molecule has 0 radical (unpaired) electrons. The van der Waals surface area contributed by atoms with Gasteiger partial charge in [-0.1, -0.05) is 38.7 Å². The first-order valence-corrected chi connectivity index (χ1v) is 12.5. The summed E-state index contributed by atoms with van der Waals surface area (Å²) in [5, 5.41) is 14.5. The number of anilines is 2. The second kappa shape index (κ2) is 10.1. The van der Waals surface area contributed by atoms with Crippen LogP contribution in [0.2, 0.25) is 0 Å². The number of nitrogens with one attached hydrogen (secondary N) is 1. The van der Waals surface area contributed by atoms with Crippen LogP contribution in [0.25, 0.3) is 0 Å². The smallest absolute Gasteiger partial charge is 0.225 e. The summed E-state index contributed by atoms with van der Waals surface area (Å²) in [6, 6.07) is 5.93. The van der Waals surface area contributed by atoms with Crippen LogP contribution in [0.5, 0.6) is 0 Å². The number of carbonyl (C=O) groups is 1. The minimum absolute atomic E-state index is 0.0484. The largest absolute Gasteiger partial charge is 0.395 e. The van der Waals surface area contributed by atoms with Crippen molar-refractivity contribution in [1.29, 1.82) is 0 Å². The van der Waals surface area contributed by atoms with Crippen LogP contribution in [0.15, 0.2) is 24.4 Å². The number of amides is 1. The van der Waals surface area contributed by atoms with Crippen molar-refractivity contribution in [1.82, 2.24) is 14.9 Å². The van der Waals surface area contributed by atoms with E-state index >= 15 is 0 Å². The van der Waals surface area contributed by atoms with Crippen molar-refractivity contribution in [2.24, 2.45) is 5.92 Å². The molecule has 4 rings (SSSR count). The molecule has 2 aliphatic rings. The van der Waals surface area contributed by atoms with Crippen molar-refractivity contribution < 1.29 is 9.90 Å². The lowest BCUT2D eigenvalue weighted by atomic mass is 9.75. The lowest BCUT2D eigenvalue weighted by Gasteiger charge is -2.41. The highest BCUT2D eigenvalue weighted by Crippen LogP contribution is 2.36. The van der Waals surface area contributed by atoms with E-state index in [-0.39, 0.29) is 12.5 Å². The first kappa shape index (κ1) is 22.2. The molecule has 6 nitrogen and oxygen atoms in total. The quantitative estimate of drug-likeness (QED) is 0.652. The van der Waals surface area contributed by atoms with Gasteiger partial charge >= 0.3 is 0 Å². The maximum Gasteiger partial charge on any atom is 0.225 e. The molecule has 1 amide bonds. The third kappa shape index (κ3) is 5.09. The van der Waals surface area contributed by atoms with Crippen molar-refractivity contribution in [3.05, 3.63) is 35.0 Å². The van der Waals surface area contributed by atoms with Gasteiger partial charge in [-0.3, -0.25) is 4.79 Å². The Kier molecular flexibility index (Phi) is 7.23. The topological polar surface area (TPSA) is 78.4 Å². The van der Waals surface area contributed by atoms with Gasteiger partial charge in [0.15, 0.2) is 5.13 Å². The van der Waals surface area contributed by atoms with E-state index in [0.717, 1.165) is 55.2 Å². The zero-order valence-electron chi connectivity index (χ0n) is 18.5. The zero-order chi connectivity index (χ0) is 21.7. The van der Waals surface area contributed by atoms with E-state index in [1.54, 1.807) is 11.3 Å². The fourth-order valence-electron chi connectivity index (χ4n) is 4.89. The van der Waals surface area contributed by atoms with Crippen molar-refractivity contribution in [3.63, 3.8) is 0 Å². The highest BCUT2D eigenvalue weighted by Gasteiger charge is 2.39. The molecule has 0 aromatic carbocycles. The Morgan fingerprint density at radius 2 is 2.03 bits per heavy atom. The van der Waals surface area contributed by atoms with Gasteiger partial charge in [0.1, 0.15) is 5.82 Å². The number of aliphatic hydroxyl groups is 1. The molecule has 0 spiro atoms. The van der Waals surface area contributed by atoms with Gasteiger partial charge in [-0.15, -0.1) is 11.3 Å². The molecule has 1 saturated carbocycles. The SMILES string of the molecule is CCCc1cnc(Nc2cccc(C3(CO)CCN(C(=O)C4CCCCC4)CC3)n2)s1. The molecule has 0 unspecified atom stereocenters. The molecular weight excluding hydrogens is 408 g/mol. The van der Waals surface area contributed by atoms with Crippen LogP contribution >= 0.6 is 11.3 Å². The van der Waals surface area contributed by atoms with Crippen LogP contribution in [-0.4, -0.2) is 45.6 Å². The number of aliphatic hydroxyl groups excluding tert-OH is 1. The Labute approximate surface area is 189 Å². The van der Waals surface area contributed by atoms with Gasteiger partial charge in [-0.2, -0.15) is 0 Å². The van der Waals surface area contributed by atoms with Gasteiger partial charge in [0.2, 0.25) is 5.91 Å². The van der Waals surface area contributed by atoms with Gasteiger partial charge in [-0.25, -0.2) is 9.97 Å². The summed E-state index contributed by atoms with van der Waals surface area (Å²) in [6.07, 6.45) is 11.2. The number of aromatic nitrogens is 2. The molecule has 0 atom stereocenters. The van der Waals surface area contributed by atoms with E-state index < -0.39 is 5.41 Å². The molecule has 168 valence electrons. The fraction of sp³-hybridized carbons (Fsp3) is 0.625. The monoisotopic (exact) mass is 442 g/mol. The number of rotatable bonds is 7. The summed E-state index contributed by atoms with van der Waals surface area (Å²) in [5.41, 5.74) is 0.507. The number of thiazole rings is 1. The van der Waals surface area contributed by atoms with Gasteiger partial charge < -0.3 is 15.3 Å². The van der Waals surface area contributed by atoms with E-state index in [1.165, 1.54) is 24.1 Å². The number of nitrogens with zero attached hydrogens (tertiary/aromatic N) is 3. The molecule has 1 aliphatic heterocycles. The molecule has 1 saturated heterocycles. The highest BCUT2D eigenvalue weighted by atomic mass is 32.1. The number of likely N-dealkylation sites (tertiary alicyclic amines) is 1. The number of hydrogen-bond acceptors (Lipinski definition) is 6. The van der Waals surface area contributed by atoms with Gasteiger partial charge in [0.25, 0.3) is 0 Å². The molecule has 7 heteroatoms. The van der Waals surface area contributed by atoms with Crippen molar-refractivity contribution >= 4 is 28.2 Å². The summed E-state index contributed by atoms with van der Waals surface area (Å²) in [5.74, 6) is 1.28. The van der Waals surface area contributed by atoms with Crippen LogP contribution in [0.3, 0.4) is 0 Å². The first-order valence-electron chi connectivity index (χ1n) is 11.7. The zero-order valence-corrected chi connectivity index (χ0v) is 19.3. The number of pyridine rings is 1. The standard InChI is InChI=1S/C24H34N4O2S/c1-2-7-19-16-25-23(31-19)27-21-11-6-10-20(26-21)24(17-29)12-14-28(15-13-24)22(30)18-8-4-3-5-9-18/h6,10-11,16,18,29H,2-5,7-9,12-15,17H2,1H3,(H,25,26,27). The molecule has 0 bridgehead atoms. The number of carbonyl (C=O) groups excluding carboxylic acids is 1. The maximum absolute atomic E-state index is 12.9. The average Bonchev–Trinajstić information content (AvgIpc) is 3.26. The fourth-order valence-corrected chi connectivity index (χ4v) is 5.82. The minimum Gasteiger partial charge on any atom is -0.395 e. The third-order valence-electron chi connectivity index (χ3n) is 6.87. The Morgan fingerprint density at radius 3 is 2.74 bits per heavy atom. The van der Waals surface area contributed by atoms with Crippen LogP contribution < -0.4 is 5.32 Å². The molecular formula is C24H34N4O2S. The van der Waals surface area contributed by atoms with Crippen molar-refractivity contribution in [2.75, 3.05) is 25.0 Å². The Hall–Kier alpha value is -1.99. The van der Waals surface area contributed by atoms with Crippen LogP contribution in [0.4, 0.5) is 10.9 Å². The third-order valence-corrected chi connectivity index (χ3v) is 7.84. The summed E-state index contributed by atoms with van der Waals surface area (Å²) in [6.45, 7) is 3.61. The number of aryl methyl sites for hydroxylation is 1. The minimum atomic E-state index is -0.392. The number of hydrogen-bond donors (Lipinski definition) is 2. The van der Waals surface area contributed by atoms with E-state index in [4.69, 9.17) is 4.98 Å². The maximum atomic E-state index is 12.9. The molecule has 2 aromatic heterocycles. The molecule has 1 aliphatic carbocycles. The van der Waals surface area contributed by atoms with E-state index in [9.17, 15) is 9.90 Å². The Bertz CT molecular complexity index is 870. The highest BCUT2D eigenvalue weighted by molar-refractivity contribution is 7.15. The predicted octanol–water partition coefficient (Wildman–Crippen LogP) is 4.67. The molecule has 31 heavy (non-hydrogen) atoms. The van der Waals surface area contributed by atoms with E-state index in [0.29, 0.717) is 19.0 Å². The van der Waals surface area contributed by atoms with E-state index in [1.807, 2.05) is 29.3 Å². The summed E-state index contributed by atoms with van der Waals surface area (Å²) in [4.78, 5) is 25.5. The summed E-state index contributed by atoms with van der Waals surface area (Å²) in [7, 11) is 0. The second-order valence-corrected chi connectivity index (χ2v) is 10.1. The molecule has 3 heterocycles. The van der Waals surface area contributed by atoms with Crippen molar-refractivity contribution in [2.45, 2.75) is 70.1 Å². The lowest BCUT2D eigenvalue weighted by molar-refractivity contribution is -0.138. The Balaban J connectivity index is 1.42. The molecule has 2 N–H and O–H groups in total. The normalized spacial score (nSPS) is 19.4. The number of piperidine rings is 1.